The van der Waals surface area contributed by atoms with Crippen molar-refractivity contribution in [2.75, 3.05) is 70.9 Å². The maximum absolute atomic E-state index is 14.3. The van der Waals surface area contributed by atoms with E-state index in [0.29, 0.717) is 12.4 Å². The summed E-state index contributed by atoms with van der Waals surface area (Å²) in [5.41, 5.74) is 0.300. The van der Waals surface area contributed by atoms with Gasteiger partial charge in [0.2, 0.25) is 5.91 Å². The van der Waals surface area contributed by atoms with Gasteiger partial charge in [0.15, 0.2) is 11.6 Å². The largest absolute Gasteiger partial charge is 0.494 e. The number of carbonyl (C=O) groups excluding carboxylic acids is 1. The predicted molar refractivity (Wildman–Crippen MR) is 128 cm³/mol. The lowest BCUT2D eigenvalue weighted by Gasteiger charge is -2.43. The number of benzene rings is 1. The van der Waals surface area contributed by atoms with Crippen LogP contribution in [0.1, 0.15) is 19.3 Å². The van der Waals surface area contributed by atoms with E-state index in [1.807, 2.05) is 4.90 Å². The summed E-state index contributed by atoms with van der Waals surface area (Å²) in [7, 11) is 1.29. The minimum atomic E-state index is -0.652. The average Bonchev–Trinajstić information content (AvgIpc) is 2.85. The summed E-state index contributed by atoms with van der Waals surface area (Å²) in [6, 6.07) is 2.82. The van der Waals surface area contributed by atoms with Crippen LogP contribution in [0.25, 0.3) is 11.3 Å². The molecule has 188 valence electrons. The third-order valence-corrected chi connectivity index (χ3v) is 7.47. The standard InChI is InChI=1S/C25H32F2N6O2/c1-35-23-14-20(26)19(13-21(23)27)22-15-29-24(16-28-22)32-7-5-30(6-8-32)17-25(34)33-11-9-31(10-12-33)18-3-2-4-18/h13-16,18H,2-12,17H2,1H3. The van der Waals surface area contributed by atoms with Crippen LogP contribution >= 0.6 is 0 Å². The zero-order valence-electron chi connectivity index (χ0n) is 20.1. The summed E-state index contributed by atoms with van der Waals surface area (Å²) >= 11 is 0. The molecule has 2 saturated heterocycles. The smallest absolute Gasteiger partial charge is 0.236 e. The van der Waals surface area contributed by atoms with Gasteiger partial charge in [0.25, 0.3) is 0 Å². The molecule has 0 radical (unpaired) electrons. The Morgan fingerprint density at radius 2 is 1.71 bits per heavy atom. The number of hydrogen-bond acceptors (Lipinski definition) is 7. The second-order valence-corrected chi connectivity index (χ2v) is 9.49. The molecule has 0 bridgehead atoms. The van der Waals surface area contributed by atoms with Gasteiger partial charge in [-0.2, -0.15) is 0 Å². The fraction of sp³-hybridized carbons (Fsp3) is 0.560. The van der Waals surface area contributed by atoms with Crippen molar-refractivity contribution in [1.82, 2.24) is 24.7 Å². The molecule has 2 aliphatic heterocycles. The normalized spacial score (nSPS) is 20.1. The first-order chi connectivity index (χ1) is 17.0. The molecule has 1 aliphatic carbocycles. The molecule has 10 heteroatoms. The lowest BCUT2D eigenvalue weighted by atomic mass is 9.91. The molecule has 3 aliphatic rings. The van der Waals surface area contributed by atoms with Crippen molar-refractivity contribution >= 4 is 11.7 Å². The Balaban J connectivity index is 1.11. The van der Waals surface area contributed by atoms with E-state index in [1.54, 1.807) is 6.20 Å². The highest BCUT2D eigenvalue weighted by atomic mass is 19.1. The summed E-state index contributed by atoms with van der Waals surface area (Å²) in [6.45, 7) is 7.06. The van der Waals surface area contributed by atoms with Crippen LogP contribution in [0.3, 0.4) is 0 Å². The van der Waals surface area contributed by atoms with Crippen molar-refractivity contribution in [3.63, 3.8) is 0 Å². The number of anilines is 1. The lowest BCUT2D eigenvalue weighted by Crippen LogP contribution is -2.56. The molecule has 3 fully saturated rings. The van der Waals surface area contributed by atoms with Crippen molar-refractivity contribution in [3.05, 3.63) is 36.2 Å². The van der Waals surface area contributed by atoms with Gasteiger partial charge in [0.1, 0.15) is 11.6 Å². The first-order valence-electron chi connectivity index (χ1n) is 12.4. The molecule has 2 aromatic rings. The van der Waals surface area contributed by atoms with Crippen LogP contribution in [0.4, 0.5) is 14.6 Å². The summed E-state index contributed by atoms with van der Waals surface area (Å²) in [6.07, 6.45) is 7.00. The molecule has 8 nitrogen and oxygen atoms in total. The number of aromatic nitrogens is 2. The molecular weight excluding hydrogens is 454 g/mol. The van der Waals surface area contributed by atoms with Gasteiger partial charge in [0, 0.05) is 70.0 Å². The van der Waals surface area contributed by atoms with Crippen molar-refractivity contribution in [2.24, 2.45) is 0 Å². The average molecular weight is 487 g/mol. The second-order valence-electron chi connectivity index (χ2n) is 9.49. The number of nitrogens with zero attached hydrogens (tertiary/aromatic N) is 6. The fourth-order valence-corrected chi connectivity index (χ4v) is 5.02. The second kappa shape index (κ2) is 10.4. The minimum absolute atomic E-state index is 0.0409. The van der Waals surface area contributed by atoms with Crippen LogP contribution in [-0.2, 0) is 4.79 Å². The van der Waals surface area contributed by atoms with Crippen molar-refractivity contribution < 1.29 is 18.3 Å². The number of halogens is 2. The monoisotopic (exact) mass is 486 g/mol. The molecule has 1 aromatic carbocycles. The Morgan fingerprint density at radius 1 is 0.971 bits per heavy atom. The quantitative estimate of drug-likeness (QED) is 0.621. The number of ether oxygens (including phenoxy) is 1. The van der Waals surface area contributed by atoms with Gasteiger partial charge in [-0.05, 0) is 18.9 Å². The van der Waals surface area contributed by atoms with Gasteiger partial charge < -0.3 is 14.5 Å². The van der Waals surface area contributed by atoms with Crippen LogP contribution in [-0.4, -0.2) is 103 Å². The van der Waals surface area contributed by atoms with E-state index in [0.717, 1.165) is 70.5 Å². The number of hydrogen-bond donors (Lipinski definition) is 0. The van der Waals surface area contributed by atoms with Crippen LogP contribution in [0.2, 0.25) is 0 Å². The number of methoxy groups -OCH3 is 1. The maximum Gasteiger partial charge on any atom is 0.236 e. The highest BCUT2D eigenvalue weighted by Crippen LogP contribution is 2.28. The topological polar surface area (TPSA) is 65.0 Å². The molecule has 3 heterocycles. The Bertz CT molecular complexity index is 1030. The highest BCUT2D eigenvalue weighted by Gasteiger charge is 2.30. The third-order valence-electron chi connectivity index (χ3n) is 7.47. The number of amides is 1. The van der Waals surface area contributed by atoms with Gasteiger partial charge in [-0.3, -0.25) is 19.6 Å². The molecule has 0 spiro atoms. The van der Waals surface area contributed by atoms with Crippen LogP contribution < -0.4 is 9.64 Å². The van der Waals surface area contributed by atoms with E-state index >= 15 is 0 Å². The first-order valence-corrected chi connectivity index (χ1v) is 12.4. The van der Waals surface area contributed by atoms with Crippen molar-refractivity contribution in [3.8, 4) is 17.0 Å². The molecule has 0 unspecified atom stereocenters. The molecule has 0 atom stereocenters. The number of carbonyl (C=O) groups is 1. The van der Waals surface area contributed by atoms with Gasteiger partial charge in [-0.15, -0.1) is 0 Å². The zero-order valence-corrected chi connectivity index (χ0v) is 20.1. The van der Waals surface area contributed by atoms with E-state index in [-0.39, 0.29) is 22.9 Å². The van der Waals surface area contributed by atoms with E-state index in [2.05, 4.69) is 24.7 Å². The van der Waals surface area contributed by atoms with Crippen LogP contribution in [0.15, 0.2) is 24.5 Å². The Kier molecular flexibility index (Phi) is 7.10. The van der Waals surface area contributed by atoms with Crippen LogP contribution in [0, 0.1) is 11.6 Å². The molecule has 1 aromatic heterocycles. The summed E-state index contributed by atoms with van der Waals surface area (Å²) < 4.78 is 33.2. The van der Waals surface area contributed by atoms with Gasteiger partial charge in [0.05, 0.1) is 31.7 Å². The Labute approximate surface area is 204 Å². The minimum Gasteiger partial charge on any atom is -0.494 e. The van der Waals surface area contributed by atoms with Gasteiger partial charge in [-0.25, -0.2) is 13.8 Å². The Morgan fingerprint density at radius 3 is 2.31 bits per heavy atom. The van der Waals surface area contributed by atoms with E-state index < -0.39 is 11.6 Å². The fourth-order valence-electron chi connectivity index (χ4n) is 5.02. The summed E-state index contributed by atoms with van der Waals surface area (Å²) in [5.74, 6) is -0.525. The Hall–Kier alpha value is -2.85. The molecule has 5 rings (SSSR count). The van der Waals surface area contributed by atoms with Crippen molar-refractivity contribution in [2.45, 2.75) is 25.3 Å². The van der Waals surface area contributed by atoms with Crippen molar-refractivity contribution in [1.29, 1.82) is 0 Å². The maximum atomic E-state index is 14.3. The zero-order chi connectivity index (χ0) is 24.4. The highest BCUT2D eigenvalue weighted by molar-refractivity contribution is 5.78. The summed E-state index contributed by atoms with van der Waals surface area (Å²) in [5, 5.41) is 0. The third kappa shape index (κ3) is 5.23. The lowest BCUT2D eigenvalue weighted by molar-refractivity contribution is -0.134. The molecule has 1 amide bonds. The van der Waals surface area contributed by atoms with E-state index in [9.17, 15) is 13.6 Å². The SMILES string of the molecule is COc1cc(F)c(-c2cnc(N3CCN(CC(=O)N4CCN(C5CCC5)CC4)CC3)cn2)cc1F. The molecular formula is C25H32F2N6O2. The number of piperazine rings is 2. The first kappa shape index (κ1) is 23.9. The van der Waals surface area contributed by atoms with E-state index in [1.165, 1.54) is 32.6 Å². The molecule has 0 N–H and O–H groups in total. The predicted octanol–water partition coefficient (Wildman–Crippen LogP) is 2.25. The molecule has 35 heavy (non-hydrogen) atoms. The van der Waals surface area contributed by atoms with Gasteiger partial charge in [-0.1, -0.05) is 6.42 Å². The number of rotatable bonds is 6. The summed E-state index contributed by atoms with van der Waals surface area (Å²) in [4.78, 5) is 30.4. The van der Waals surface area contributed by atoms with Crippen LogP contribution in [0.5, 0.6) is 5.75 Å². The molecule has 1 saturated carbocycles. The van der Waals surface area contributed by atoms with E-state index in [4.69, 9.17) is 4.74 Å². The van der Waals surface area contributed by atoms with Gasteiger partial charge >= 0.3 is 0 Å².